The number of fused-ring (bicyclic) bond motifs is 1. The van der Waals surface area contributed by atoms with Crippen molar-refractivity contribution in [2.45, 2.75) is 12.5 Å². The highest BCUT2D eigenvalue weighted by atomic mass is 16.1. The second-order valence-corrected chi connectivity index (χ2v) is 4.00. The summed E-state index contributed by atoms with van der Waals surface area (Å²) in [6, 6.07) is 0.281. The summed E-state index contributed by atoms with van der Waals surface area (Å²) in [5.41, 5.74) is 2.28. The summed E-state index contributed by atoms with van der Waals surface area (Å²) in [4.78, 5) is 23.5. The fraction of sp³-hybridized carbons (Fsp3) is 0.273. The van der Waals surface area contributed by atoms with Gasteiger partial charge in [0.05, 0.1) is 12.4 Å². The third kappa shape index (κ3) is 1.18. The molecule has 0 saturated carbocycles. The molecule has 0 aliphatic carbocycles. The van der Waals surface area contributed by atoms with Gasteiger partial charge in [0.25, 0.3) is 5.56 Å². The first-order valence-corrected chi connectivity index (χ1v) is 5.20. The molecule has 1 atom stereocenters. The number of H-pyrrole nitrogens is 2. The van der Waals surface area contributed by atoms with E-state index in [0.717, 1.165) is 17.5 Å². The predicted octanol–water partition coefficient (Wildman–Crippen LogP) is 1.14. The first-order chi connectivity index (χ1) is 7.77. The van der Waals surface area contributed by atoms with E-state index in [1.54, 1.807) is 0 Å². The lowest BCUT2D eigenvalue weighted by Gasteiger charge is -2.19. The Morgan fingerprint density at radius 1 is 1.50 bits per heavy atom. The lowest BCUT2D eigenvalue weighted by atomic mass is 10.1. The number of hydrogen-bond donors (Lipinski definition) is 2. The van der Waals surface area contributed by atoms with Crippen LogP contribution in [-0.2, 0) is 0 Å². The van der Waals surface area contributed by atoms with Crippen LogP contribution in [0.2, 0.25) is 0 Å². The van der Waals surface area contributed by atoms with E-state index >= 15 is 0 Å². The molecule has 1 aliphatic rings. The summed E-state index contributed by atoms with van der Waals surface area (Å²) in [5, 5.41) is 0. The summed E-state index contributed by atoms with van der Waals surface area (Å²) in [5.74, 6) is 0. The van der Waals surface area contributed by atoms with Gasteiger partial charge < -0.3 is 14.9 Å². The largest absolute Gasteiger partial charge is 0.373 e. The molecule has 5 heteroatoms. The summed E-state index contributed by atoms with van der Waals surface area (Å²) in [6.07, 6.45) is 8.46. The Morgan fingerprint density at radius 3 is 3.12 bits per heavy atom. The molecule has 0 aromatic carbocycles. The third-order valence-corrected chi connectivity index (χ3v) is 3.05. The van der Waals surface area contributed by atoms with Crippen LogP contribution in [0.4, 0.5) is 0 Å². The maximum Gasteiger partial charge on any atom is 0.275 e. The molecule has 0 fully saturated rings. The van der Waals surface area contributed by atoms with E-state index in [1.165, 1.54) is 6.33 Å². The van der Waals surface area contributed by atoms with Crippen molar-refractivity contribution in [3.05, 3.63) is 40.7 Å². The summed E-state index contributed by atoms with van der Waals surface area (Å²) in [7, 11) is 2.03. The Labute approximate surface area is 91.8 Å². The van der Waals surface area contributed by atoms with Crippen LogP contribution in [0.1, 0.15) is 18.0 Å². The quantitative estimate of drug-likeness (QED) is 0.751. The highest BCUT2D eigenvalue weighted by molar-refractivity contribution is 5.78. The van der Waals surface area contributed by atoms with Crippen molar-refractivity contribution in [3.63, 3.8) is 0 Å². The molecule has 0 unspecified atom stereocenters. The van der Waals surface area contributed by atoms with Gasteiger partial charge in [0.1, 0.15) is 11.0 Å². The van der Waals surface area contributed by atoms with Crippen molar-refractivity contribution in [1.82, 2.24) is 19.9 Å². The van der Waals surface area contributed by atoms with Gasteiger partial charge in [0.15, 0.2) is 0 Å². The van der Waals surface area contributed by atoms with Crippen LogP contribution < -0.4 is 5.56 Å². The highest BCUT2D eigenvalue weighted by Crippen LogP contribution is 2.31. The zero-order chi connectivity index (χ0) is 11.1. The summed E-state index contributed by atoms with van der Waals surface area (Å²) >= 11 is 0. The number of aromatic nitrogens is 3. The normalized spacial score (nSPS) is 19.8. The molecule has 3 rings (SSSR count). The van der Waals surface area contributed by atoms with E-state index in [2.05, 4.69) is 32.1 Å². The van der Waals surface area contributed by atoms with Crippen LogP contribution in [0.15, 0.2) is 29.6 Å². The minimum absolute atomic E-state index is 0.121. The van der Waals surface area contributed by atoms with E-state index in [4.69, 9.17) is 0 Å². The number of rotatable bonds is 1. The van der Waals surface area contributed by atoms with Crippen molar-refractivity contribution in [2.24, 2.45) is 0 Å². The highest BCUT2D eigenvalue weighted by Gasteiger charge is 2.22. The Morgan fingerprint density at radius 2 is 2.38 bits per heavy atom. The second kappa shape index (κ2) is 3.23. The molecule has 0 bridgehead atoms. The standard InChI is InChI=1S/C11H12N4O/c1-15-4-2-3-8(15)7-5-12-10-9(7)13-6-14-11(10)16/h2,4-6,8,12H,3H2,1H3,(H,13,14,16)/t8-/m1/s1. The maximum atomic E-state index is 11.5. The van der Waals surface area contributed by atoms with Gasteiger partial charge in [0.2, 0.25) is 0 Å². The van der Waals surface area contributed by atoms with Gasteiger partial charge in [-0.25, -0.2) is 4.98 Å². The molecule has 3 heterocycles. The van der Waals surface area contributed by atoms with Gasteiger partial charge >= 0.3 is 0 Å². The molecular formula is C11H12N4O. The van der Waals surface area contributed by atoms with E-state index in [0.29, 0.717) is 5.52 Å². The minimum atomic E-state index is -0.121. The monoisotopic (exact) mass is 216 g/mol. The van der Waals surface area contributed by atoms with Gasteiger partial charge in [-0.1, -0.05) is 6.08 Å². The zero-order valence-electron chi connectivity index (χ0n) is 8.90. The van der Waals surface area contributed by atoms with Crippen LogP contribution in [0, 0.1) is 0 Å². The lowest BCUT2D eigenvalue weighted by molar-refractivity contribution is 0.369. The minimum Gasteiger partial charge on any atom is -0.373 e. The SMILES string of the molecule is CN1C=CC[C@@H]1c1c[nH]c2c(=O)[nH]cnc12. The molecule has 0 spiro atoms. The van der Waals surface area contributed by atoms with E-state index in [9.17, 15) is 4.79 Å². The topological polar surface area (TPSA) is 64.8 Å². The fourth-order valence-corrected chi connectivity index (χ4v) is 2.20. The van der Waals surface area contributed by atoms with Crippen molar-refractivity contribution >= 4 is 11.0 Å². The van der Waals surface area contributed by atoms with Crippen LogP contribution in [-0.4, -0.2) is 26.9 Å². The van der Waals surface area contributed by atoms with Crippen LogP contribution in [0.25, 0.3) is 11.0 Å². The van der Waals surface area contributed by atoms with Crippen molar-refractivity contribution < 1.29 is 0 Å². The molecule has 1 aliphatic heterocycles. The Balaban J connectivity index is 2.18. The molecule has 5 nitrogen and oxygen atoms in total. The Kier molecular flexibility index (Phi) is 1.86. The molecule has 0 saturated heterocycles. The average molecular weight is 216 g/mol. The van der Waals surface area contributed by atoms with Crippen molar-refractivity contribution in [2.75, 3.05) is 7.05 Å². The van der Waals surface area contributed by atoms with Crippen molar-refractivity contribution in [3.8, 4) is 0 Å². The predicted molar refractivity (Wildman–Crippen MR) is 61.0 cm³/mol. The number of nitrogens with zero attached hydrogens (tertiary/aromatic N) is 2. The van der Waals surface area contributed by atoms with Crippen LogP contribution in [0.3, 0.4) is 0 Å². The summed E-state index contributed by atoms with van der Waals surface area (Å²) < 4.78 is 0. The van der Waals surface area contributed by atoms with Gasteiger partial charge in [-0.3, -0.25) is 4.79 Å². The van der Waals surface area contributed by atoms with E-state index in [-0.39, 0.29) is 11.6 Å². The smallest absolute Gasteiger partial charge is 0.275 e. The molecule has 0 radical (unpaired) electrons. The Bertz CT molecular complexity index is 610. The third-order valence-electron chi connectivity index (χ3n) is 3.05. The first kappa shape index (κ1) is 9.21. The van der Waals surface area contributed by atoms with Crippen LogP contribution in [0.5, 0.6) is 0 Å². The summed E-state index contributed by atoms with van der Waals surface area (Å²) in [6.45, 7) is 0. The van der Waals surface area contributed by atoms with E-state index < -0.39 is 0 Å². The molecule has 2 N–H and O–H groups in total. The molecule has 2 aromatic rings. The molecule has 16 heavy (non-hydrogen) atoms. The molecule has 0 amide bonds. The Hall–Kier alpha value is -2.04. The van der Waals surface area contributed by atoms with Crippen molar-refractivity contribution in [1.29, 1.82) is 0 Å². The first-order valence-electron chi connectivity index (χ1n) is 5.20. The second-order valence-electron chi connectivity index (χ2n) is 4.00. The lowest BCUT2D eigenvalue weighted by Crippen LogP contribution is -2.14. The molecule has 82 valence electrons. The molecule has 2 aromatic heterocycles. The zero-order valence-corrected chi connectivity index (χ0v) is 8.90. The van der Waals surface area contributed by atoms with Gasteiger partial charge in [-0.2, -0.15) is 0 Å². The van der Waals surface area contributed by atoms with E-state index in [1.807, 2.05) is 13.2 Å². The maximum absolute atomic E-state index is 11.5. The number of nitrogens with one attached hydrogen (secondary N) is 2. The van der Waals surface area contributed by atoms with Crippen LogP contribution >= 0.6 is 0 Å². The van der Waals surface area contributed by atoms with Gasteiger partial charge in [-0.15, -0.1) is 0 Å². The number of hydrogen-bond acceptors (Lipinski definition) is 3. The fourth-order valence-electron chi connectivity index (χ4n) is 2.20. The average Bonchev–Trinajstić information content (AvgIpc) is 2.84. The van der Waals surface area contributed by atoms with Gasteiger partial charge in [0, 0.05) is 18.8 Å². The molecular weight excluding hydrogens is 204 g/mol. The number of aromatic amines is 2. The van der Waals surface area contributed by atoms with Gasteiger partial charge in [-0.05, 0) is 12.6 Å².